The highest BCUT2D eigenvalue weighted by Crippen LogP contribution is 2.18. The largest absolute Gasteiger partial charge is 0.308 e. The number of aromatic nitrogens is 2. The predicted molar refractivity (Wildman–Crippen MR) is 89.6 cm³/mol. The smallest absolute Gasteiger partial charge is 0.268 e. The molecule has 2 N–H and O–H groups in total. The van der Waals surface area contributed by atoms with E-state index >= 15 is 0 Å². The van der Waals surface area contributed by atoms with Gasteiger partial charge in [-0.05, 0) is 36.1 Å². The molecule has 3 aromatic rings. The summed E-state index contributed by atoms with van der Waals surface area (Å²) in [6.07, 6.45) is 0. The van der Waals surface area contributed by atoms with Gasteiger partial charge in [0, 0.05) is 10.5 Å². The van der Waals surface area contributed by atoms with Crippen LogP contribution in [0.25, 0.3) is 10.2 Å². The molecule has 108 valence electrons. The molecule has 6 heteroatoms. The quantitative estimate of drug-likeness (QED) is 0.744. The molecular weight excluding hydrogens is 350 g/mol. The molecular formula is C15H14BrN3OS. The van der Waals surface area contributed by atoms with E-state index in [9.17, 15) is 4.79 Å². The molecule has 1 aromatic carbocycles. The molecule has 3 rings (SSSR count). The Kier molecular flexibility index (Phi) is 4.19. The molecule has 4 nitrogen and oxygen atoms in total. The lowest BCUT2D eigenvalue weighted by atomic mass is 10.1. The van der Waals surface area contributed by atoms with E-state index in [2.05, 4.69) is 50.3 Å². The monoisotopic (exact) mass is 363 g/mol. The van der Waals surface area contributed by atoms with Crippen molar-refractivity contribution < 1.29 is 0 Å². The number of benzene rings is 1. The molecule has 0 fully saturated rings. The van der Waals surface area contributed by atoms with Crippen LogP contribution in [0.15, 0.2) is 45.0 Å². The number of hydrogen-bond acceptors (Lipinski definition) is 4. The first-order valence-electron chi connectivity index (χ1n) is 6.59. The van der Waals surface area contributed by atoms with Crippen LogP contribution in [0.3, 0.4) is 0 Å². The van der Waals surface area contributed by atoms with Gasteiger partial charge in [-0.1, -0.05) is 28.1 Å². The minimum atomic E-state index is -0.0677. The Morgan fingerprint density at radius 2 is 2.29 bits per heavy atom. The summed E-state index contributed by atoms with van der Waals surface area (Å²) in [5, 5.41) is 5.26. The summed E-state index contributed by atoms with van der Waals surface area (Å²) in [6, 6.07) is 10.2. The van der Waals surface area contributed by atoms with Gasteiger partial charge >= 0.3 is 0 Å². The molecule has 2 aromatic heterocycles. The van der Waals surface area contributed by atoms with Crippen LogP contribution in [-0.4, -0.2) is 9.97 Å². The second-order valence-electron chi connectivity index (χ2n) is 4.81. The lowest BCUT2D eigenvalue weighted by molar-refractivity contribution is 0.559. The highest BCUT2D eigenvalue weighted by molar-refractivity contribution is 9.10. The fourth-order valence-electron chi connectivity index (χ4n) is 2.15. The summed E-state index contributed by atoms with van der Waals surface area (Å²) in [6.45, 7) is 2.61. The van der Waals surface area contributed by atoms with E-state index in [0.29, 0.717) is 17.1 Å². The van der Waals surface area contributed by atoms with Gasteiger partial charge in [-0.25, -0.2) is 4.98 Å². The molecule has 0 saturated carbocycles. The van der Waals surface area contributed by atoms with Gasteiger partial charge in [0.05, 0.1) is 12.1 Å². The van der Waals surface area contributed by atoms with Crippen molar-refractivity contribution in [1.82, 2.24) is 15.3 Å². The minimum Gasteiger partial charge on any atom is -0.308 e. The highest BCUT2D eigenvalue weighted by atomic mass is 79.9. The Labute approximate surface area is 134 Å². The first-order valence-corrected chi connectivity index (χ1v) is 8.26. The van der Waals surface area contributed by atoms with Crippen molar-refractivity contribution in [2.45, 2.75) is 19.5 Å². The van der Waals surface area contributed by atoms with Crippen LogP contribution in [-0.2, 0) is 6.54 Å². The topological polar surface area (TPSA) is 57.8 Å². The fraction of sp³-hybridized carbons (Fsp3) is 0.200. The third-order valence-corrected chi connectivity index (χ3v) is 4.68. The Balaban J connectivity index is 1.75. The van der Waals surface area contributed by atoms with Crippen LogP contribution in [0.1, 0.15) is 24.4 Å². The maximum Gasteiger partial charge on any atom is 0.268 e. The maximum atomic E-state index is 11.9. The lowest BCUT2D eigenvalue weighted by Crippen LogP contribution is -2.21. The van der Waals surface area contributed by atoms with Gasteiger partial charge in [-0.2, -0.15) is 0 Å². The third kappa shape index (κ3) is 3.23. The first kappa shape index (κ1) is 14.4. The minimum absolute atomic E-state index is 0.0677. The number of aromatic amines is 1. The molecule has 0 unspecified atom stereocenters. The van der Waals surface area contributed by atoms with Crippen molar-refractivity contribution >= 4 is 37.5 Å². The van der Waals surface area contributed by atoms with Gasteiger partial charge in [-0.3, -0.25) is 4.79 Å². The SMILES string of the molecule is C[C@@H](NCc1nc2ccsc2c(=O)[nH]1)c1cccc(Br)c1. The van der Waals surface area contributed by atoms with E-state index in [-0.39, 0.29) is 11.6 Å². The average molecular weight is 364 g/mol. The van der Waals surface area contributed by atoms with Crippen LogP contribution in [0.5, 0.6) is 0 Å². The van der Waals surface area contributed by atoms with Crippen molar-refractivity contribution in [3.05, 3.63) is 61.9 Å². The van der Waals surface area contributed by atoms with Crippen LogP contribution in [0.2, 0.25) is 0 Å². The zero-order valence-electron chi connectivity index (χ0n) is 11.4. The Hall–Kier alpha value is -1.50. The van der Waals surface area contributed by atoms with Gasteiger partial charge in [0.25, 0.3) is 5.56 Å². The standard InChI is InChI=1S/C15H14BrN3OS/c1-9(10-3-2-4-11(16)7-10)17-8-13-18-12-5-6-21-14(12)15(20)19-13/h2-7,9,17H,8H2,1H3,(H,18,19,20)/t9-/m1/s1. The van der Waals surface area contributed by atoms with E-state index in [1.54, 1.807) is 0 Å². The molecule has 0 spiro atoms. The predicted octanol–water partition coefficient (Wildman–Crippen LogP) is 3.60. The number of halogens is 1. The average Bonchev–Trinajstić information content (AvgIpc) is 2.93. The summed E-state index contributed by atoms with van der Waals surface area (Å²) in [7, 11) is 0. The zero-order valence-corrected chi connectivity index (χ0v) is 13.8. The lowest BCUT2D eigenvalue weighted by Gasteiger charge is -2.14. The highest BCUT2D eigenvalue weighted by Gasteiger charge is 2.08. The van der Waals surface area contributed by atoms with E-state index in [4.69, 9.17) is 0 Å². The molecule has 0 bridgehead atoms. The van der Waals surface area contributed by atoms with Gasteiger partial charge in [0.15, 0.2) is 0 Å². The first-order chi connectivity index (χ1) is 10.1. The van der Waals surface area contributed by atoms with Gasteiger partial charge in [0.1, 0.15) is 10.5 Å². The summed E-state index contributed by atoms with van der Waals surface area (Å²) in [5.74, 6) is 0.660. The number of thiophene rings is 1. The molecule has 0 aliphatic heterocycles. The van der Waals surface area contributed by atoms with E-state index < -0.39 is 0 Å². The van der Waals surface area contributed by atoms with Gasteiger partial charge in [0.2, 0.25) is 0 Å². The Morgan fingerprint density at radius 3 is 3.10 bits per heavy atom. The summed E-state index contributed by atoms with van der Waals surface area (Å²) < 4.78 is 1.73. The number of hydrogen-bond donors (Lipinski definition) is 2. The van der Waals surface area contributed by atoms with Gasteiger partial charge < -0.3 is 10.3 Å². The molecule has 0 radical (unpaired) electrons. The Morgan fingerprint density at radius 1 is 1.43 bits per heavy atom. The summed E-state index contributed by atoms with van der Waals surface area (Å²) in [4.78, 5) is 19.2. The van der Waals surface area contributed by atoms with Crippen molar-refractivity contribution in [1.29, 1.82) is 0 Å². The fourth-order valence-corrected chi connectivity index (χ4v) is 3.29. The molecule has 0 aliphatic carbocycles. The van der Waals surface area contributed by atoms with Gasteiger partial charge in [-0.15, -0.1) is 11.3 Å². The third-order valence-electron chi connectivity index (χ3n) is 3.29. The number of H-pyrrole nitrogens is 1. The number of fused-ring (bicyclic) bond motifs is 1. The van der Waals surface area contributed by atoms with Crippen LogP contribution >= 0.6 is 27.3 Å². The molecule has 1 atom stereocenters. The molecule has 0 saturated heterocycles. The molecule has 21 heavy (non-hydrogen) atoms. The molecule has 0 aliphatic rings. The van der Waals surface area contributed by atoms with Crippen LogP contribution in [0.4, 0.5) is 0 Å². The van der Waals surface area contributed by atoms with E-state index in [1.165, 1.54) is 16.9 Å². The van der Waals surface area contributed by atoms with E-state index in [0.717, 1.165) is 9.99 Å². The second-order valence-corrected chi connectivity index (χ2v) is 6.64. The second kappa shape index (κ2) is 6.09. The van der Waals surface area contributed by atoms with Crippen molar-refractivity contribution in [2.24, 2.45) is 0 Å². The maximum absolute atomic E-state index is 11.9. The number of nitrogens with one attached hydrogen (secondary N) is 2. The number of nitrogens with zero attached hydrogens (tertiary/aromatic N) is 1. The molecule has 0 amide bonds. The normalized spacial score (nSPS) is 12.7. The van der Waals surface area contributed by atoms with Crippen molar-refractivity contribution in [3.63, 3.8) is 0 Å². The van der Waals surface area contributed by atoms with Crippen molar-refractivity contribution in [2.75, 3.05) is 0 Å². The van der Waals surface area contributed by atoms with Crippen LogP contribution < -0.4 is 10.9 Å². The van der Waals surface area contributed by atoms with Crippen molar-refractivity contribution in [3.8, 4) is 0 Å². The summed E-state index contributed by atoms with van der Waals surface area (Å²) in [5.41, 5.74) is 1.88. The Bertz CT molecular complexity index is 827. The van der Waals surface area contributed by atoms with E-state index in [1.807, 2.05) is 23.6 Å². The zero-order chi connectivity index (χ0) is 14.8. The number of rotatable bonds is 4. The van der Waals surface area contributed by atoms with Crippen LogP contribution in [0, 0.1) is 0 Å². The summed E-state index contributed by atoms with van der Waals surface area (Å²) >= 11 is 4.89. The molecule has 2 heterocycles.